The van der Waals surface area contributed by atoms with E-state index in [-0.39, 0.29) is 17.9 Å². The highest BCUT2D eigenvalue weighted by atomic mass is 79.9. The topological polar surface area (TPSA) is 55.1 Å². The number of nitrogens with one attached hydrogen (secondary N) is 1. The third-order valence-corrected chi connectivity index (χ3v) is 4.00. The molecule has 0 saturated carbocycles. The average molecular weight is 347 g/mol. The fraction of sp³-hybridized carbons (Fsp3) is 0.235. The van der Waals surface area contributed by atoms with E-state index >= 15 is 0 Å². The maximum atomic E-state index is 12.4. The van der Waals surface area contributed by atoms with E-state index in [4.69, 9.17) is 5.73 Å². The molecule has 0 aliphatic heterocycles. The fourth-order valence-electron chi connectivity index (χ4n) is 2.18. The van der Waals surface area contributed by atoms with E-state index in [1.807, 2.05) is 62.4 Å². The smallest absolute Gasteiger partial charge is 0.227 e. The van der Waals surface area contributed by atoms with Gasteiger partial charge in [0.2, 0.25) is 5.91 Å². The summed E-state index contributed by atoms with van der Waals surface area (Å²) in [4.78, 5) is 12.4. The summed E-state index contributed by atoms with van der Waals surface area (Å²) < 4.78 is 1.00. The quantitative estimate of drug-likeness (QED) is 0.821. The third kappa shape index (κ3) is 4.08. The molecule has 0 spiro atoms. The van der Waals surface area contributed by atoms with Crippen molar-refractivity contribution in [1.29, 1.82) is 0 Å². The molecule has 1 amide bonds. The van der Waals surface area contributed by atoms with E-state index in [2.05, 4.69) is 21.2 Å². The highest BCUT2D eigenvalue weighted by Crippen LogP contribution is 2.21. The highest BCUT2D eigenvalue weighted by molar-refractivity contribution is 9.10. The van der Waals surface area contributed by atoms with E-state index in [9.17, 15) is 4.79 Å². The average Bonchev–Trinajstić information content (AvgIpc) is 2.46. The van der Waals surface area contributed by atoms with Crippen LogP contribution in [0.4, 0.5) is 5.69 Å². The lowest BCUT2D eigenvalue weighted by Crippen LogP contribution is -2.30. The van der Waals surface area contributed by atoms with Crippen LogP contribution in [-0.2, 0) is 4.79 Å². The number of nitrogen functional groups attached to an aromatic ring is 1. The van der Waals surface area contributed by atoms with E-state index in [1.54, 1.807) is 0 Å². The summed E-state index contributed by atoms with van der Waals surface area (Å²) in [6, 6.07) is 15.3. The second-order valence-electron chi connectivity index (χ2n) is 5.18. The summed E-state index contributed by atoms with van der Waals surface area (Å²) in [6.07, 6.45) is 0. The molecule has 0 saturated heterocycles. The van der Waals surface area contributed by atoms with Crippen LogP contribution < -0.4 is 11.1 Å². The van der Waals surface area contributed by atoms with Gasteiger partial charge in [0.15, 0.2) is 0 Å². The van der Waals surface area contributed by atoms with Gasteiger partial charge in [0.05, 0.1) is 12.0 Å². The number of hydrogen-bond acceptors (Lipinski definition) is 2. The van der Waals surface area contributed by atoms with E-state index < -0.39 is 0 Å². The molecular formula is C17H19BrN2O. The van der Waals surface area contributed by atoms with Crippen molar-refractivity contribution in [2.75, 3.05) is 5.73 Å². The van der Waals surface area contributed by atoms with Crippen molar-refractivity contribution in [3.63, 3.8) is 0 Å². The molecule has 21 heavy (non-hydrogen) atoms. The van der Waals surface area contributed by atoms with Crippen LogP contribution in [0.3, 0.4) is 0 Å². The number of benzene rings is 2. The molecule has 2 aromatic carbocycles. The lowest BCUT2D eigenvalue weighted by molar-refractivity contribution is -0.122. The lowest BCUT2D eigenvalue weighted by Gasteiger charge is -2.18. The number of carbonyl (C=O) groups excluding carboxylic acids is 1. The predicted octanol–water partition coefficient (Wildman–Crippen LogP) is 4.01. The molecule has 0 heterocycles. The Labute approximate surface area is 133 Å². The second-order valence-corrected chi connectivity index (χ2v) is 6.09. The molecule has 4 heteroatoms. The van der Waals surface area contributed by atoms with Crippen LogP contribution in [0.25, 0.3) is 0 Å². The fourth-order valence-corrected chi connectivity index (χ4v) is 2.59. The minimum absolute atomic E-state index is 0.00641. The number of rotatable bonds is 4. The van der Waals surface area contributed by atoms with Gasteiger partial charge < -0.3 is 11.1 Å². The Morgan fingerprint density at radius 3 is 2.43 bits per heavy atom. The second kappa shape index (κ2) is 6.76. The standard InChI is InChI=1S/C17H19BrN2O/c1-11(13-5-4-8-16(19)10-13)17(21)20-12(2)14-6-3-7-15(18)9-14/h3-12H,19H2,1-2H3,(H,20,21). The Kier molecular flexibility index (Phi) is 5.02. The number of nitrogens with two attached hydrogens (primary N) is 1. The zero-order valence-electron chi connectivity index (χ0n) is 12.1. The molecule has 0 radical (unpaired) electrons. The largest absolute Gasteiger partial charge is 0.399 e. The minimum atomic E-state index is -0.233. The summed E-state index contributed by atoms with van der Waals surface area (Å²) in [7, 11) is 0. The maximum absolute atomic E-state index is 12.4. The Morgan fingerprint density at radius 2 is 1.76 bits per heavy atom. The first kappa shape index (κ1) is 15.6. The highest BCUT2D eigenvalue weighted by Gasteiger charge is 2.18. The van der Waals surface area contributed by atoms with Gasteiger partial charge in [-0.2, -0.15) is 0 Å². The van der Waals surface area contributed by atoms with Crippen LogP contribution in [0.2, 0.25) is 0 Å². The van der Waals surface area contributed by atoms with Crippen molar-refractivity contribution in [3.8, 4) is 0 Å². The summed E-state index contributed by atoms with van der Waals surface area (Å²) in [5.74, 6) is -0.240. The molecule has 3 N–H and O–H groups in total. The number of anilines is 1. The van der Waals surface area contributed by atoms with Crippen molar-refractivity contribution in [1.82, 2.24) is 5.32 Å². The normalized spacial score (nSPS) is 13.5. The zero-order chi connectivity index (χ0) is 15.4. The zero-order valence-corrected chi connectivity index (χ0v) is 13.7. The van der Waals surface area contributed by atoms with Gasteiger partial charge >= 0.3 is 0 Å². The maximum Gasteiger partial charge on any atom is 0.227 e. The van der Waals surface area contributed by atoms with E-state index in [1.165, 1.54) is 0 Å². The van der Waals surface area contributed by atoms with E-state index in [0.29, 0.717) is 5.69 Å². The van der Waals surface area contributed by atoms with Gasteiger partial charge in [0.25, 0.3) is 0 Å². The molecule has 0 aliphatic carbocycles. The van der Waals surface area contributed by atoms with Gasteiger partial charge in [0.1, 0.15) is 0 Å². The Bertz CT molecular complexity index is 642. The van der Waals surface area contributed by atoms with Crippen LogP contribution in [0.15, 0.2) is 53.0 Å². The Hall–Kier alpha value is -1.81. The molecule has 2 atom stereocenters. The van der Waals surface area contributed by atoms with Crippen molar-refractivity contribution in [2.45, 2.75) is 25.8 Å². The van der Waals surface area contributed by atoms with Crippen LogP contribution in [-0.4, -0.2) is 5.91 Å². The molecule has 0 aromatic heterocycles. The SMILES string of the molecule is CC(NC(=O)C(C)c1cccc(N)c1)c1cccc(Br)c1. The first-order valence-corrected chi connectivity index (χ1v) is 7.68. The van der Waals surface area contributed by atoms with Gasteiger partial charge in [-0.1, -0.05) is 40.2 Å². The van der Waals surface area contributed by atoms with Gasteiger partial charge in [-0.05, 0) is 49.2 Å². The molecule has 0 aliphatic rings. The monoisotopic (exact) mass is 346 g/mol. The molecule has 110 valence electrons. The lowest BCUT2D eigenvalue weighted by atomic mass is 9.99. The van der Waals surface area contributed by atoms with Crippen LogP contribution in [0.5, 0.6) is 0 Å². The molecule has 3 nitrogen and oxygen atoms in total. The molecule has 0 bridgehead atoms. The Balaban J connectivity index is 2.07. The van der Waals surface area contributed by atoms with Crippen molar-refractivity contribution in [2.24, 2.45) is 0 Å². The van der Waals surface area contributed by atoms with Gasteiger partial charge in [-0.25, -0.2) is 0 Å². The van der Waals surface area contributed by atoms with Crippen molar-refractivity contribution >= 4 is 27.5 Å². The molecule has 0 fully saturated rings. The molecular weight excluding hydrogens is 328 g/mol. The van der Waals surface area contributed by atoms with Crippen LogP contribution in [0, 0.1) is 0 Å². The molecule has 2 unspecified atom stereocenters. The summed E-state index contributed by atoms with van der Waals surface area (Å²) in [5.41, 5.74) is 8.43. The van der Waals surface area contributed by atoms with Crippen molar-refractivity contribution < 1.29 is 4.79 Å². The first-order valence-electron chi connectivity index (χ1n) is 6.88. The third-order valence-electron chi connectivity index (χ3n) is 3.51. The summed E-state index contributed by atoms with van der Waals surface area (Å²) >= 11 is 3.44. The summed E-state index contributed by atoms with van der Waals surface area (Å²) in [5, 5.41) is 3.04. The number of carbonyl (C=O) groups is 1. The van der Waals surface area contributed by atoms with E-state index in [0.717, 1.165) is 15.6 Å². The van der Waals surface area contributed by atoms with Crippen molar-refractivity contribution in [3.05, 3.63) is 64.1 Å². The van der Waals surface area contributed by atoms with Crippen LogP contribution in [0.1, 0.15) is 36.9 Å². The van der Waals surface area contributed by atoms with Gasteiger partial charge in [0, 0.05) is 10.2 Å². The Morgan fingerprint density at radius 1 is 1.10 bits per heavy atom. The number of hydrogen-bond donors (Lipinski definition) is 2. The summed E-state index contributed by atoms with van der Waals surface area (Å²) in [6.45, 7) is 3.86. The van der Waals surface area contributed by atoms with Gasteiger partial charge in [-0.15, -0.1) is 0 Å². The molecule has 2 aromatic rings. The number of halogens is 1. The van der Waals surface area contributed by atoms with Crippen LogP contribution >= 0.6 is 15.9 Å². The number of amides is 1. The predicted molar refractivity (Wildman–Crippen MR) is 90.0 cm³/mol. The van der Waals surface area contributed by atoms with Gasteiger partial charge in [-0.3, -0.25) is 4.79 Å². The minimum Gasteiger partial charge on any atom is -0.399 e. The molecule has 2 rings (SSSR count). The first-order chi connectivity index (χ1) is 9.97.